The summed E-state index contributed by atoms with van der Waals surface area (Å²) in [4.78, 5) is 22.4. The topological polar surface area (TPSA) is 69.2 Å². The molecule has 1 saturated carbocycles. The molecule has 1 N–H and O–H groups in total. The minimum atomic E-state index is -1.18. The molecule has 4 nitrogen and oxygen atoms in total. The number of hydrogen-bond donors (Lipinski definition) is 1. The Morgan fingerprint density at radius 3 is 2.68 bits per heavy atom. The molecule has 0 atom stereocenters. The molecule has 0 bridgehead atoms. The Morgan fingerprint density at radius 2 is 2.05 bits per heavy atom. The van der Waals surface area contributed by atoms with Gasteiger partial charge in [-0.25, -0.2) is 0 Å². The number of Topliss-reactive ketones (excluding diaryl/α,β-unsaturated/α-hetero) is 1. The van der Waals surface area contributed by atoms with Crippen LogP contribution in [-0.4, -0.2) is 11.8 Å². The molecule has 0 radical (unpaired) electrons. The van der Waals surface area contributed by atoms with Gasteiger partial charge in [-0.1, -0.05) is 6.07 Å². The zero-order valence-electron chi connectivity index (χ0n) is 10.9. The highest BCUT2D eigenvalue weighted by atomic mass is 16.4. The number of anilines is 1. The molecular formula is C15H16NO3-. The van der Waals surface area contributed by atoms with Gasteiger partial charge in [-0.2, -0.15) is 0 Å². The maximum Gasteiger partial charge on any atom is 0.160 e. The van der Waals surface area contributed by atoms with Crippen molar-refractivity contribution in [1.29, 1.82) is 0 Å². The Labute approximate surface area is 112 Å². The molecule has 0 saturated heterocycles. The van der Waals surface area contributed by atoms with Gasteiger partial charge in [0.1, 0.15) is 0 Å². The van der Waals surface area contributed by atoms with Gasteiger partial charge in [-0.05, 0) is 49.4 Å². The van der Waals surface area contributed by atoms with Crippen LogP contribution in [0.15, 0.2) is 30.0 Å². The fraction of sp³-hybridized carbons (Fsp3) is 0.333. The SMILES string of the molecule is Cc1cc(C(=O)[O-])ccc1N/C=C1/CCCCC1=O. The summed E-state index contributed by atoms with van der Waals surface area (Å²) in [6, 6.07) is 4.73. The summed E-state index contributed by atoms with van der Waals surface area (Å²) in [7, 11) is 0. The van der Waals surface area contributed by atoms with E-state index >= 15 is 0 Å². The number of hydrogen-bond acceptors (Lipinski definition) is 4. The molecule has 19 heavy (non-hydrogen) atoms. The van der Waals surface area contributed by atoms with Crippen molar-refractivity contribution < 1.29 is 14.7 Å². The lowest BCUT2D eigenvalue weighted by Gasteiger charge is -2.14. The molecule has 1 fully saturated rings. The van der Waals surface area contributed by atoms with Crippen molar-refractivity contribution in [2.24, 2.45) is 0 Å². The molecule has 1 aromatic rings. The highest BCUT2D eigenvalue weighted by Gasteiger charge is 2.14. The summed E-state index contributed by atoms with van der Waals surface area (Å²) < 4.78 is 0. The number of aromatic carboxylic acids is 1. The second-order valence-electron chi connectivity index (χ2n) is 4.76. The molecule has 100 valence electrons. The van der Waals surface area contributed by atoms with Gasteiger partial charge in [0.2, 0.25) is 0 Å². The third kappa shape index (κ3) is 3.22. The first kappa shape index (κ1) is 13.3. The smallest absolute Gasteiger partial charge is 0.160 e. The highest BCUT2D eigenvalue weighted by Crippen LogP contribution is 2.21. The van der Waals surface area contributed by atoms with Gasteiger partial charge >= 0.3 is 0 Å². The number of benzene rings is 1. The fourth-order valence-corrected chi connectivity index (χ4v) is 2.17. The van der Waals surface area contributed by atoms with E-state index in [0.717, 1.165) is 36.1 Å². The predicted molar refractivity (Wildman–Crippen MR) is 70.7 cm³/mol. The molecule has 0 spiro atoms. The molecule has 0 aromatic heterocycles. The molecule has 2 rings (SSSR count). The van der Waals surface area contributed by atoms with Gasteiger partial charge in [0.05, 0.1) is 5.97 Å². The van der Waals surface area contributed by atoms with Crippen LogP contribution in [0.2, 0.25) is 0 Å². The van der Waals surface area contributed by atoms with E-state index in [2.05, 4.69) is 5.32 Å². The van der Waals surface area contributed by atoms with E-state index in [0.29, 0.717) is 6.42 Å². The second kappa shape index (κ2) is 5.69. The molecular weight excluding hydrogens is 242 g/mol. The molecule has 1 aromatic carbocycles. The Balaban J connectivity index is 2.13. The molecule has 0 amide bonds. The third-order valence-electron chi connectivity index (χ3n) is 3.32. The zero-order valence-corrected chi connectivity index (χ0v) is 10.9. The number of carboxylic acids is 1. The van der Waals surface area contributed by atoms with Crippen molar-refractivity contribution in [3.8, 4) is 0 Å². The average molecular weight is 258 g/mol. The Morgan fingerprint density at radius 1 is 1.32 bits per heavy atom. The normalized spacial score (nSPS) is 17.5. The minimum absolute atomic E-state index is 0.157. The molecule has 4 heteroatoms. The Bertz CT molecular complexity index is 546. The first-order valence-corrected chi connectivity index (χ1v) is 6.38. The number of allylic oxidation sites excluding steroid dienone is 1. The van der Waals surface area contributed by atoms with E-state index in [1.54, 1.807) is 18.3 Å². The summed E-state index contributed by atoms with van der Waals surface area (Å²) >= 11 is 0. The van der Waals surface area contributed by atoms with Gasteiger partial charge in [-0.15, -0.1) is 0 Å². The zero-order chi connectivity index (χ0) is 13.8. The Kier molecular flexibility index (Phi) is 4.00. The van der Waals surface area contributed by atoms with Crippen LogP contribution < -0.4 is 10.4 Å². The van der Waals surface area contributed by atoms with Crippen molar-refractivity contribution in [1.82, 2.24) is 0 Å². The van der Waals surface area contributed by atoms with Gasteiger partial charge in [0, 0.05) is 23.9 Å². The van der Waals surface area contributed by atoms with Crippen molar-refractivity contribution in [2.45, 2.75) is 32.6 Å². The minimum Gasteiger partial charge on any atom is -0.545 e. The average Bonchev–Trinajstić information content (AvgIpc) is 2.39. The largest absolute Gasteiger partial charge is 0.545 e. The number of rotatable bonds is 3. The van der Waals surface area contributed by atoms with Gasteiger partial charge in [0.15, 0.2) is 5.78 Å². The lowest BCUT2D eigenvalue weighted by atomic mass is 9.94. The fourth-order valence-electron chi connectivity index (χ4n) is 2.17. The number of aryl methyl sites for hydroxylation is 1. The number of nitrogens with one attached hydrogen (secondary N) is 1. The Hall–Kier alpha value is -2.10. The van der Waals surface area contributed by atoms with Crippen molar-refractivity contribution in [3.05, 3.63) is 41.1 Å². The second-order valence-corrected chi connectivity index (χ2v) is 4.76. The van der Waals surface area contributed by atoms with Crippen molar-refractivity contribution in [3.63, 3.8) is 0 Å². The summed E-state index contributed by atoms with van der Waals surface area (Å²) in [5.41, 5.74) is 2.58. The highest BCUT2D eigenvalue weighted by molar-refractivity contribution is 5.96. The summed E-state index contributed by atoms with van der Waals surface area (Å²) in [6.07, 6.45) is 5.18. The maximum atomic E-state index is 11.6. The van der Waals surface area contributed by atoms with Crippen LogP contribution >= 0.6 is 0 Å². The van der Waals surface area contributed by atoms with Crippen LogP contribution in [0, 0.1) is 6.92 Å². The van der Waals surface area contributed by atoms with Crippen LogP contribution in [0.5, 0.6) is 0 Å². The van der Waals surface area contributed by atoms with E-state index in [4.69, 9.17) is 0 Å². The van der Waals surface area contributed by atoms with Gasteiger partial charge in [-0.3, -0.25) is 4.79 Å². The van der Waals surface area contributed by atoms with E-state index in [-0.39, 0.29) is 11.3 Å². The van der Waals surface area contributed by atoms with Crippen molar-refractivity contribution in [2.75, 3.05) is 5.32 Å². The third-order valence-corrected chi connectivity index (χ3v) is 3.32. The standard InChI is InChI=1S/C15H17NO3/c1-10-8-11(15(18)19)6-7-13(10)16-9-12-4-2-3-5-14(12)17/h6-9,16H,2-5H2,1H3,(H,18,19)/p-1/b12-9-. The summed E-state index contributed by atoms with van der Waals surface area (Å²) in [6.45, 7) is 1.82. The first-order valence-electron chi connectivity index (χ1n) is 6.38. The van der Waals surface area contributed by atoms with Crippen molar-refractivity contribution >= 4 is 17.4 Å². The van der Waals surface area contributed by atoms with Gasteiger partial charge in [0.25, 0.3) is 0 Å². The lowest BCUT2D eigenvalue weighted by molar-refractivity contribution is -0.255. The van der Waals surface area contributed by atoms with E-state index < -0.39 is 5.97 Å². The number of carbonyl (C=O) groups excluding carboxylic acids is 2. The molecule has 0 aliphatic heterocycles. The van der Waals surface area contributed by atoms with E-state index in [1.807, 2.05) is 6.92 Å². The number of carbonyl (C=O) groups is 2. The number of ketones is 1. The number of carboxylic acid groups (broad SMARTS) is 1. The molecule has 0 heterocycles. The van der Waals surface area contributed by atoms with E-state index in [9.17, 15) is 14.7 Å². The lowest BCUT2D eigenvalue weighted by Crippen LogP contribution is -2.22. The molecule has 1 aliphatic carbocycles. The van der Waals surface area contributed by atoms with Crippen LogP contribution in [-0.2, 0) is 4.79 Å². The maximum absolute atomic E-state index is 11.6. The van der Waals surface area contributed by atoms with Gasteiger partial charge < -0.3 is 15.2 Å². The van der Waals surface area contributed by atoms with Crippen LogP contribution in [0.25, 0.3) is 0 Å². The quantitative estimate of drug-likeness (QED) is 0.839. The first-order chi connectivity index (χ1) is 9.08. The summed E-state index contributed by atoms with van der Waals surface area (Å²) in [5, 5.41) is 13.8. The van der Waals surface area contributed by atoms with E-state index in [1.165, 1.54) is 6.07 Å². The van der Waals surface area contributed by atoms with Crippen LogP contribution in [0.4, 0.5) is 5.69 Å². The van der Waals surface area contributed by atoms with Crippen LogP contribution in [0.1, 0.15) is 41.6 Å². The summed E-state index contributed by atoms with van der Waals surface area (Å²) in [5.74, 6) is -0.988. The monoisotopic (exact) mass is 258 g/mol. The van der Waals surface area contributed by atoms with Crippen LogP contribution in [0.3, 0.4) is 0 Å². The predicted octanol–water partition coefficient (Wildman–Crippen LogP) is 1.80. The molecule has 0 unspecified atom stereocenters. The molecule has 1 aliphatic rings.